The molecule has 144 valence electrons. The van der Waals surface area contributed by atoms with Crippen LogP contribution in [0.5, 0.6) is 0 Å². The summed E-state index contributed by atoms with van der Waals surface area (Å²) in [6.07, 6.45) is 1.64. The van der Waals surface area contributed by atoms with Crippen LogP contribution in [0.25, 0.3) is 0 Å². The SMILES string of the molecule is CC(C)(C)c1ccc(S(=O)(=O)N2CCCC(N3CCNCC3=O)C2)cc1. The third-order valence-corrected chi connectivity index (χ3v) is 7.16. The van der Waals surface area contributed by atoms with Crippen LogP contribution >= 0.6 is 0 Å². The number of hydrogen-bond acceptors (Lipinski definition) is 4. The molecule has 1 unspecified atom stereocenters. The number of nitrogens with one attached hydrogen (secondary N) is 1. The van der Waals surface area contributed by atoms with Crippen molar-refractivity contribution in [1.82, 2.24) is 14.5 Å². The smallest absolute Gasteiger partial charge is 0.243 e. The van der Waals surface area contributed by atoms with Crippen LogP contribution in [0, 0.1) is 0 Å². The zero-order valence-corrected chi connectivity index (χ0v) is 16.7. The molecule has 2 fully saturated rings. The lowest BCUT2D eigenvalue weighted by atomic mass is 9.87. The van der Waals surface area contributed by atoms with Gasteiger partial charge in [0.25, 0.3) is 0 Å². The highest BCUT2D eigenvalue weighted by Gasteiger charge is 2.35. The summed E-state index contributed by atoms with van der Waals surface area (Å²) < 4.78 is 27.7. The summed E-state index contributed by atoms with van der Waals surface area (Å²) in [6.45, 7) is 8.98. The van der Waals surface area contributed by atoms with Crippen LogP contribution in [-0.4, -0.2) is 62.3 Å². The predicted molar refractivity (Wildman–Crippen MR) is 102 cm³/mol. The molecule has 7 heteroatoms. The molecule has 2 saturated heterocycles. The Morgan fingerprint density at radius 3 is 2.42 bits per heavy atom. The van der Waals surface area contributed by atoms with Gasteiger partial charge < -0.3 is 10.2 Å². The van der Waals surface area contributed by atoms with Crippen molar-refractivity contribution < 1.29 is 13.2 Å². The van der Waals surface area contributed by atoms with Crippen molar-refractivity contribution in [3.63, 3.8) is 0 Å². The number of amides is 1. The molecule has 1 aromatic carbocycles. The van der Waals surface area contributed by atoms with Gasteiger partial charge in [0, 0.05) is 32.2 Å². The molecular formula is C19H29N3O3S. The Labute approximate surface area is 156 Å². The van der Waals surface area contributed by atoms with Crippen LogP contribution < -0.4 is 5.32 Å². The lowest BCUT2D eigenvalue weighted by Gasteiger charge is -2.40. The number of nitrogens with zero attached hydrogens (tertiary/aromatic N) is 2. The summed E-state index contributed by atoms with van der Waals surface area (Å²) in [5.74, 6) is 0.0648. The molecule has 6 nitrogen and oxygen atoms in total. The van der Waals surface area contributed by atoms with Crippen molar-refractivity contribution in [1.29, 1.82) is 0 Å². The van der Waals surface area contributed by atoms with Crippen molar-refractivity contribution in [3.8, 4) is 0 Å². The monoisotopic (exact) mass is 379 g/mol. The fraction of sp³-hybridized carbons (Fsp3) is 0.632. The molecule has 0 saturated carbocycles. The fourth-order valence-electron chi connectivity index (χ4n) is 3.68. The molecule has 2 heterocycles. The molecule has 2 aliphatic rings. The van der Waals surface area contributed by atoms with Gasteiger partial charge in [-0.05, 0) is 36.0 Å². The Hall–Kier alpha value is -1.44. The van der Waals surface area contributed by atoms with Gasteiger partial charge in [0.2, 0.25) is 15.9 Å². The van der Waals surface area contributed by atoms with Crippen molar-refractivity contribution in [3.05, 3.63) is 29.8 Å². The molecule has 3 rings (SSSR count). The lowest BCUT2D eigenvalue weighted by Crippen LogP contribution is -2.57. The van der Waals surface area contributed by atoms with Gasteiger partial charge in [0.05, 0.1) is 11.4 Å². The van der Waals surface area contributed by atoms with Crippen LogP contribution in [-0.2, 0) is 20.2 Å². The maximum absolute atomic E-state index is 13.1. The van der Waals surface area contributed by atoms with Gasteiger partial charge >= 0.3 is 0 Å². The van der Waals surface area contributed by atoms with E-state index in [0.29, 0.717) is 31.1 Å². The van der Waals surface area contributed by atoms with Gasteiger partial charge in [-0.15, -0.1) is 0 Å². The first-order valence-electron chi connectivity index (χ1n) is 9.30. The number of hydrogen-bond donors (Lipinski definition) is 1. The summed E-state index contributed by atoms with van der Waals surface area (Å²) >= 11 is 0. The number of piperidine rings is 1. The molecule has 1 N–H and O–H groups in total. The van der Waals surface area contributed by atoms with Crippen molar-refractivity contribution >= 4 is 15.9 Å². The number of carbonyl (C=O) groups excluding carboxylic acids is 1. The number of piperazine rings is 1. The maximum atomic E-state index is 13.1. The second-order valence-electron chi connectivity index (χ2n) is 8.20. The first-order chi connectivity index (χ1) is 12.2. The van der Waals surface area contributed by atoms with E-state index < -0.39 is 10.0 Å². The van der Waals surface area contributed by atoms with Crippen molar-refractivity contribution in [2.45, 2.75) is 50.0 Å². The quantitative estimate of drug-likeness (QED) is 0.866. The minimum absolute atomic E-state index is 0.0127. The Morgan fingerprint density at radius 2 is 1.81 bits per heavy atom. The highest BCUT2D eigenvalue weighted by molar-refractivity contribution is 7.89. The second kappa shape index (κ2) is 7.29. The third-order valence-electron chi connectivity index (χ3n) is 5.28. The van der Waals surface area contributed by atoms with Crippen LogP contribution in [0.3, 0.4) is 0 Å². The highest BCUT2D eigenvalue weighted by atomic mass is 32.2. The molecular weight excluding hydrogens is 350 g/mol. The number of sulfonamides is 1. The molecule has 2 aliphatic heterocycles. The van der Waals surface area contributed by atoms with Crippen molar-refractivity contribution in [2.24, 2.45) is 0 Å². The van der Waals surface area contributed by atoms with E-state index in [9.17, 15) is 13.2 Å². The zero-order valence-electron chi connectivity index (χ0n) is 15.9. The molecule has 26 heavy (non-hydrogen) atoms. The molecule has 0 spiro atoms. The summed E-state index contributed by atoms with van der Waals surface area (Å²) in [5.41, 5.74) is 1.10. The normalized spacial score (nSPS) is 23.3. The third kappa shape index (κ3) is 3.94. The van der Waals surface area contributed by atoms with Gasteiger partial charge in [-0.3, -0.25) is 4.79 Å². The summed E-state index contributed by atoms with van der Waals surface area (Å²) in [5, 5.41) is 3.07. The Balaban J connectivity index is 1.77. The molecule has 1 amide bonds. The standard InChI is InChI=1S/C19H29N3O3S/c1-19(2,3)15-6-8-17(9-7-15)26(24,25)21-11-4-5-16(14-21)22-12-10-20-13-18(22)23/h6-9,16,20H,4-5,10-14H2,1-3H3. The summed E-state index contributed by atoms with van der Waals surface area (Å²) in [6, 6.07) is 7.18. The molecule has 1 atom stereocenters. The number of carbonyl (C=O) groups is 1. The van der Waals surface area contributed by atoms with Gasteiger partial charge in [-0.2, -0.15) is 4.31 Å². The van der Waals surface area contributed by atoms with E-state index >= 15 is 0 Å². The van der Waals surface area contributed by atoms with Gasteiger partial charge in [0.15, 0.2) is 0 Å². The Bertz CT molecular complexity index is 753. The molecule has 0 bridgehead atoms. The van der Waals surface area contributed by atoms with E-state index in [4.69, 9.17) is 0 Å². The topological polar surface area (TPSA) is 69.7 Å². The van der Waals surface area contributed by atoms with E-state index in [1.165, 1.54) is 0 Å². The van der Waals surface area contributed by atoms with E-state index in [-0.39, 0.29) is 17.4 Å². The molecule has 1 aromatic rings. The minimum Gasteiger partial charge on any atom is -0.336 e. The van der Waals surface area contributed by atoms with E-state index in [1.807, 2.05) is 17.0 Å². The average Bonchev–Trinajstić information content (AvgIpc) is 2.61. The highest BCUT2D eigenvalue weighted by Crippen LogP contribution is 2.27. The average molecular weight is 380 g/mol. The van der Waals surface area contributed by atoms with Crippen LogP contribution in [0.15, 0.2) is 29.2 Å². The van der Waals surface area contributed by atoms with Crippen LogP contribution in [0.2, 0.25) is 0 Å². The van der Waals surface area contributed by atoms with Crippen molar-refractivity contribution in [2.75, 3.05) is 32.7 Å². The van der Waals surface area contributed by atoms with E-state index in [0.717, 1.165) is 24.9 Å². The second-order valence-corrected chi connectivity index (χ2v) is 10.1. The minimum atomic E-state index is -3.53. The number of benzene rings is 1. The first kappa shape index (κ1) is 19.3. The largest absolute Gasteiger partial charge is 0.336 e. The summed E-state index contributed by atoms with van der Waals surface area (Å²) in [7, 11) is -3.53. The molecule has 0 aliphatic carbocycles. The lowest BCUT2D eigenvalue weighted by molar-refractivity contribution is -0.135. The maximum Gasteiger partial charge on any atom is 0.243 e. The first-order valence-corrected chi connectivity index (χ1v) is 10.7. The van der Waals surface area contributed by atoms with Gasteiger partial charge in [-0.25, -0.2) is 8.42 Å². The number of rotatable bonds is 3. The van der Waals surface area contributed by atoms with Gasteiger partial charge in [0.1, 0.15) is 0 Å². The van der Waals surface area contributed by atoms with Crippen LogP contribution in [0.4, 0.5) is 0 Å². The zero-order chi connectivity index (χ0) is 18.9. The summed E-state index contributed by atoms with van der Waals surface area (Å²) in [4.78, 5) is 14.3. The van der Waals surface area contributed by atoms with E-state index in [1.54, 1.807) is 16.4 Å². The van der Waals surface area contributed by atoms with Gasteiger partial charge in [-0.1, -0.05) is 32.9 Å². The van der Waals surface area contributed by atoms with E-state index in [2.05, 4.69) is 26.1 Å². The Kier molecular flexibility index (Phi) is 5.42. The van der Waals surface area contributed by atoms with Crippen LogP contribution in [0.1, 0.15) is 39.2 Å². The predicted octanol–water partition coefficient (Wildman–Crippen LogP) is 1.57. The Morgan fingerprint density at radius 1 is 1.12 bits per heavy atom. The fourth-order valence-corrected chi connectivity index (χ4v) is 5.19. The molecule has 0 aromatic heterocycles. The molecule has 0 radical (unpaired) electrons.